The van der Waals surface area contributed by atoms with Crippen molar-refractivity contribution in [1.82, 2.24) is 4.98 Å². The fraction of sp³-hybridized carbons (Fsp3) is 0.583. The molecule has 0 spiro atoms. The van der Waals surface area contributed by atoms with Gasteiger partial charge in [0, 0.05) is 23.5 Å². The highest BCUT2D eigenvalue weighted by atomic mass is 79.9. The summed E-state index contributed by atoms with van der Waals surface area (Å²) >= 11 is 9.21. The molecule has 0 saturated heterocycles. The Morgan fingerprint density at radius 2 is 2.11 bits per heavy atom. The number of ether oxygens (including phenoxy) is 1. The predicted octanol–water partition coefficient (Wildman–Crippen LogP) is 4.70. The van der Waals surface area contributed by atoms with Crippen LogP contribution in [0, 0.1) is 5.92 Å². The number of pyridine rings is 1. The molecule has 0 aromatic carbocycles. The Balaban J connectivity index is 1.85. The van der Waals surface area contributed by atoms with Gasteiger partial charge in [0.25, 0.3) is 0 Å². The average molecular weight is 341 g/mol. The Morgan fingerprint density at radius 1 is 1.44 bits per heavy atom. The van der Waals surface area contributed by atoms with Crippen LogP contribution >= 0.6 is 27.5 Å². The van der Waals surface area contributed by atoms with Gasteiger partial charge in [0.15, 0.2) is 0 Å². The van der Waals surface area contributed by atoms with E-state index < -0.39 is 5.92 Å². The van der Waals surface area contributed by atoms with Crippen molar-refractivity contribution in [2.24, 2.45) is 5.92 Å². The minimum absolute atomic E-state index is 0.0531. The van der Waals surface area contributed by atoms with Gasteiger partial charge < -0.3 is 4.74 Å². The smallest absolute Gasteiger partial charge is 0.248 e. The molecule has 6 heteroatoms. The van der Waals surface area contributed by atoms with Crippen molar-refractivity contribution in [2.45, 2.75) is 31.6 Å². The van der Waals surface area contributed by atoms with Crippen LogP contribution in [0.3, 0.4) is 0 Å². The summed E-state index contributed by atoms with van der Waals surface area (Å²) in [6.07, 6.45) is 2.46. The molecule has 100 valence electrons. The Bertz CT molecular complexity index is 421. The van der Waals surface area contributed by atoms with Crippen molar-refractivity contribution in [2.75, 3.05) is 6.61 Å². The fourth-order valence-corrected chi connectivity index (χ4v) is 2.66. The maximum Gasteiger partial charge on any atom is 0.248 e. The minimum atomic E-state index is -2.50. The molecule has 1 aliphatic rings. The number of nitrogens with zero attached hydrogens (tertiary/aromatic N) is 1. The summed E-state index contributed by atoms with van der Waals surface area (Å²) < 4.78 is 32.2. The summed E-state index contributed by atoms with van der Waals surface area (Å²) in [6, 6.07) is 1.69. The second kappa shape index (κ2) is 5.70. The summed E-state index contributed by atoms with van der Waals surface area (Å²) in [5.74, 6) is -1.98. The quantitative estimate of drug-likeness (QED) is 0.795. The average Bonchev–Trinajstić information content (AvgIpc) is 2.29. The molecule has 18 heavy (non-hydrogen) atoms. The molecule has 2 rings (SSSR count). The molecule has 0 aliphatic heterocycles. The lowest BCUT2D eigenvalue weighted by atomic mass is 9.87. The molecule has 0 atom stereocenters. The van der Waals surface area contributed by atoms with Gasteiger partial charge in [-0.2, -0.15) is 0 Å². The third kappa shape index (κ3) is 3.79. The van der Waals surface area contributed by atoms with Crippen LogP contribution in [0.2, 0.25) is 5.02 Å². The highest BCUT2D eigenvalue weighted by Crippen LogP contribution is 2.36. The molecule has 0 amide bonds. The molecule has 1 aromatic rings. The van der Waals surface area contributed by atoms with Crippen molar-refractivity contribution in [1.29, 1.82) is 0 Å². The highest BCUT2D eigenvalue weighted by Gasteiger charge is 2.35. The van der Waals surface area contributed by atoms with Gasteiger partial charge in [-0.3, -0.25) is 0 Å². The van der Waals surface area contributed by atoms with Crippen molar-refractivity contribution in [3.05, 3.63) is 21.8 Å². The number of hydrogen-bond acceptors (Lipinski definition) is 2. The van der Waals surface area contributed by atoms with Crippen molar-refractivity contribution < 1.29 is 13.5 Å². The normalized spacial score (nSPS) is 19.8. The summed E-state index contributed by atoms with van der Waals surface area (Å²) in [4.78, 5) is 4.04. The first-order chi connectivity index (χ1) is 8.46. The zero-order valence-electron chi connectivity index (χ0n) is 9.63. The molecular formula is C12H13BrClF2NO. The van der Waals surface area contributed by atoms with Gasteiger partial charge in [-0.1, -0.05) is 11.6 Å². The molecule has 1 heterocycles. The topological polar surface area (TPSA) is 22.1 Å². The second-order valence-corrected chi connectivity index (χ2v) is 5.87. The number of hydrogen-bond donors (Lipinski definition) is 0. The van der Waals surface area contributed by atoms with E-state index in [9.17, 15) is 8.78 Å². The zero-order chi connectivity index (χ0) is 13.2. The van der Waals surface area contributed by atoms with Gasteiger partial charge in [0.2, 0.25) is 11.8 Å². The van der Waals surface area contributed by atoms with E-state index in [1.165, 1.54) is 0 Å². The van der Waals surface area contributed by atoms with Gasteiger partial charge in [0.05, 0.1) is 6.61 Å². The molecule has 0 N–H and O–H groups in total. The van der Waals surface area contributed by atoms with Crippen LogP contribution in [0.15, 0.2) is 16.7 Å². The predicted molar refractivity (Wildman–Crippen MR) is 69.3 cm³/mol. The van der Waals surface area contributed by atoms with E-state index in [0.717, 1.165) is 4.47 Å². The summed E-state index contributed by atoms with van der Waals surface area (Å²) in [6.45, 7) is 0.393. The van der Waals surface area contributed by atoms with Crippen LogP contribution in [0.25, 0.3) is 0 Å². The Morgan fingerprint density at radius 3 is 2.72 bits per heavy atom. The lowest BCUT2D eigenvalue weighted by Gasteiger charge is -2.27. The molecule has 0 radical (unpaired) electrons. The lowest BCUT2D eigenvalue weighted by Crippen LogP contribution is -2.27. The standard InChI is InChI=1S/C12H13BrClF2NO/c13-9-5-10(14)11(17-6-9)18-7-8-1-3-12(15,16)4-2-8/h5-6,8H,1-4,7H2. The van der Waals surface area contributed by atoms with Gasteiger partial charge in [0.1, 0.15) is 5.02 Å². The van der Waals surface area contributed by atoms with E-state index in [1.807, 2.05) is 0 Å². The lowest BCUT2D eigenvalue weighted by molar-refractivity contribution is -0.0499. The van der Waals surface area contributed by atoms with Crippen LogP contribution in [-0.4, -0.2) is 17.5 Å². The zero-order valence-corrected chi connectivity index (χ0v) is 12.0. The van der Waals surface area contributed by atoms with E-state index in [1.54, 1.807) is 12.3 Å². The number of alkyl halides is 2. The molecule has 1 aromatic heterocycles. The molecule has 1 saturated carbocycles. The molecule has 0 bridgehead atoms. The maximum absolute atomic E-state index is 13.0. The second-order valence-electron chi connectivity index (χ2n) is 4.55. The SMILES string of the molecule is FC1(F)CCC(COc2ncc(Br)cc2Cl)CC1. The van der Waals surface area contributed by atoms with E-state index in [2.05, 4.69) is 20.9 Å². The van der Waals surface area contributed by atoms with Crippen molar-refractivity contribution in [3.63, 3.8) is 0 Å². The third-order valence-corrected chi connectivity index (χ3v) is 3.77. The van der Waals surface area contributed by atoms with Gasteiger partial charge in [-0.05, 0) is 40.8 Å². The Kier molecular flexibility index (Phi) is 4.43. The monoisotopic (exact) mass is 339 g/mol. The van der Waals surface area contributed by atoms with E-state index in [4.69, 9.17) is 16.3 Å². The minimum Gasteiger partial charge on any atom is -0.476 e. The van der Waals surface area contributed by atoms with Crippen LogP contribution in [0.4, 0.5) is 8.78 Å². The number of aromatic nitrogens is 1. The first kappa shape index (κ1) is 14.0. The van der Waals surface area contributed by atoms with Gasteiger partial charge >= 0.3 is 0 Å². The number of halogens is 4. The van der Waals surface area contributed by atoms with Gasteiger partial charge in [-0.15, -0.1) is 0 Å². The maximum atomic E-state index is 13.0. The Hall–Kier alpha value is -0.420. The van der Waals surface area contributed by atoms with Crippen LogP contribution in [0.5, 0.6) is 5.88 Å². The summed E-state index contributed by atoms with van der Waals surface area (Å²) in [5, 5.41) is 0.422. The molecule has 0 unspecified atom stereocenters. The van der Waals surface area contributed by atoms with Crippen molar-refractivity contribution >= 4 is 27.5 Å². The molecular weight excluding hydrogens is 327 g/mol. The highest BCUT2D eigenvalue weighted by molar-refractivity contribution is 9.10. The van der Waals surface area contributed by atoms with Crippen molar-refractivity contribution in [3.8, 4) is 5.88 Å². The van der Waals surface area contributed by atoms with Gasteiger partial charge in [-0.25, -0.2) is 13.8 Å². The summed E-state index contributed by atoms with van der Waals surface area (Å²) in [7, 11) is 0. The van der Waals surface area contributed by atoms with Crippen LogP contribution in [-0.2, 0) is 0 Å². The summed E-state index contributed by atoms with van der Waals surface area (Å²) in [5.41, 5.74) is 0. The van der Waals surface area contributed by atoms with E-state index in [-0.39, 0.29) is 18.8 Å². The van der Waals surface area contributed by atoms with Crippen LogP contribution < -0.4 is 4.74 Å². The van der Waals surface area contributed by atoms with E-state index >= 15 is 0 Å². The largest absolute Gasteiger partial charge is 0.476 e. The first-order valence-electron chi connectivity index (χ1n) is 5.78. The van der Waals surface area contributed by atoms with Crippen LogP contribution in [0.1, 0.15) is 25.7 Å². The molecule has 1 aliphatic carbocycles. The first-order valence-corrected chi connectivity index (χ1v) is 6.95. The molecule has 2 nitrogen and oxygen atoms in total. The number of rotatable bonds is 3. The fourth-order valence-electron chi connectivity index (χ4n) is 1.97. The Labute approximate surface area is 118 Å². The molecule has 1 fully saturated rings. The third-order valence-electron chi connectivity index (χ3n) is 3.07. The van der Waals surface area contributed by atoms with E-state index in [0.29, 0.717) is 30.4 Å².